The third kappa shape index (κ3) is 6.36. The first-order valence-corrected chi connectivity index (χ1v) is 14.0. The molecule has 4 aromatic carbocycles. The van der Waals surface area contributed by atoms with Gasteiger partial charge in [0.1, 0.15) is 0 Å². The third-order valence-corrected chi connectivity index (χ3v) is 8.23. The van der Waals surface area contributed by atoms with Crippen molar-refractivity contribution in [3.63, 3.8) is 0 Å². The van der Waals surface area contributed by atoms with E-state index >= 15 is 0 Å². The summed E-state index contributed by atoms with van der Waals surface area (Å²) in [6.07, 6.45) is 0. The number of benzene rings is 4. The maximum atomic E-state index is 13.0. The van der Waals surface area contributed by atoms with E-state index in [1.807, 2.05) is 44.2 Å². The summed E-state index contributed by atoms with van der Waals surface area (Å²) in [5, 5.41) is 2.95. The molecule has 0 aliphatic carbocycles. The number of aryl methyl sites for hydroxylation is 3. The highest BCUT2D eigenvalue weighted by Crippen LogP contribution is 2.26. The van der Waals surface area contributed by atoms with Gasteiger partial charge >= 0.3 is 0 Å². The average Bonchev–Trinajstić information content (AvgIpc) is 2.86. The Morgan fingerprint density at radius 3 is 2.19 bits per heavy atom. The number of anilines is 2. The van der Waals surface area contributed by atoms with Gasteiger partial charge in [-0.1, -0.05) is 54.1 Å². The number of amides is 1. The highest BCUT2D eigenvalue weighted by Gasteiger charge is 2.17. The van der Waals surface area contributed by atoms with Crippen LogP contribution >= 0.6 is 11.8 Å². The van der Waals surface area contributed by atoms with Crippen molar-refractivity contribution in [2.24, 2.45) is 0 Å². The molecule has 0 bridgehead atoms. The molecule has 184 valence electrons. The van der Waals surface area contributed by atoms with Crippen LogP contribution in [-0.2, 0) is 15.8 Å². The van der Waals surface area contributed by atoms with Gasteiger partial charge in [0.05, 0.1) is 10.6 Å². The van der Waals surface area contributed by atoms with Gasteiger partial charge < -0.3 is 5.32 Å². The molecular weight excluding hydrogens is 488 g/mol. The van der Waals surface area contributed by atoms with E-state index in [2.05, 4.69) is 28.2 Å². The quantitative estimate of drug-likeness (QED) is 0.248. The summed E-state index contributed by atoms with van der Waals surface area (Å²) in [4.78, 5) is 14.4. The molecule has 2 N–H and O–H groups in total. The van der Waals surface area contributed by atoms with E-state index in [1.54, 1.807) is 61.2 Å². The molecule has 0 unspecified atom stereocenters. The molecule has 0 heterocycles. The van der Waals surface area contributed by atoms with Crippen LogP contribution in [0.1, 0.15) is 32.6 Å². The highest BCUT2D eigenvalue weighted by molar-refractivity contribution is 7.98. The second-order valence-electron chi connectivity index (χ2n) is 8.65. The zero-order valence-electron chi connectivity index (χ0n) is 20.4. The number of hydrogen-bond acceptors (Lipinski definition) is 4. The van der Waals surface area contributed by atoms with Gasteiger partial charge in [-0.3, -0.25) is 9.52 Å². The maximum absolute atomic E-state index is 13.0. The summed E-state index contributed by atoms with van der Waals surface area (Å²) in [5.41, 5.74) is 5.28. The topological polar surface area (TPSA) is 75.3 Å². The third-order valence-electron chi connectivity index (χ3n) is 5.76. The van der Waals surface area contributed by atoms with E-state index < -0.39 is 10.0 Å². The molecule has 0 spiro atoms. The van der Waals surface area contributed by atoms with Crippen LogP contribution in [0.3, 0.4) is 0 Å². The van der Waals surface area contributed by atoms with Crippen LogP contribution in [0, 0.1) is 20.8 Å². The predicted molar refractivity (Wildman–Crippen MR) is 148 cm³/mol. The van der Waals surface area contributed by atoms with Crippen molar-refractivity contribution in [3.05, 3.63) is 119 Å². The Hall–Kier alpha value is -3.55. The smallest absolute Gasteiger partial charge is 0.261 e. The van der Waals surface area contributed by atoms with Crippen molar-refractivity contribution in [1.29, 1.82) is 0 Å². The Morgan fingerprint density at radius 1 is 0.778 bits per heavy atom. The molecule has 4 aromatic rings. The molecule has 0 aliphatic rings. The lowest BCUT2D eigenvalue weighted by Crippen LogP contribution is -2.16. The number of thioether (sulfide) groups is 1. The van der Waals surface area contributed by atoms with Crippen molar-refractivity contribution in [1.82, 2.24) is 0 Å². The molecule has 0 aliphatic heterocycles. The Balaban J connectivity index is 1.46. The summed E-state index contributed by atoms with van der Waals surface area (Å²) < 4.78 is 28.3. The van der Waals surface area contributed by atoms with Gasteiger partial charge in [0, 0.05) is 21.9 Å². The normalized spacial score (nSPS) is 11.2. The summed E-state index contributed by atoms with van der Waals surface area (Å²) in [6, 6.07) is 27.8. The van der Waals surface area contributed by atoms with Crippen LogP contribution < -0.4 is 10.0 Å². The first kappa shape index (κ1) is 25.5. The van der Waals surface area contributed by atoms with Gasteiger partial charge in [0.25, 0.3) is 15.9 Å². The average molecular weight is 517 g/mol. The lowest BCUT2D eigenvalue weighted by molar-refractivity contribution is 0.102. The summed E-state index contributed by atoms with van der Waals surface area (Å²) >= 11 is 1.76. The Kier molecular flexibility index (Phi) is 7.82. The SMILES string of the molecule is Cc1ccc(S(=O)(=O)Nc2cc(C(=O)Nc3ccc(CSc4ccccc4)cc3C)ccc2C)cc1. The van der Waals surface area contributed by atoms with Crippen LogP contribution in [0.5, 0.6) is 0 Å². The van der Waals surface area contributed by atoms with Crippen LogP contribution in [0.4, 0.5) is 11.4 Å². The minimum absolute atomic E-state index is 0.170. The van der Waals surface area contributed by atoms with E-state index in [0.717, 1.165) is 28.1 Å². The molecule has 0 fully saturated rings. The van der Waals surface area contributed by atoms with Crippen molar-refractivity contribution in [3.8, 4) is 0 Å². The van der Waals surface area contributed by atoms with Crippen molar-refractivity contribution < 1.29 is 13.2 Å². The van der Waals surface area contributed by atoms with Crippen molar-refractivity contribution >= 4 is 39.1 Å². The lowest BCUT2D eigenvalue weighted by atomic mass is 10.1. The van der Waals surface area contributed by atoms with E-state index in [0.29, 0.717) is 11.3 Å². The Labute approximate surface area is 217 Å². The molecule has 0 saturated heterocycles. The van der Waals surface area contributed by atoms with E-state index in [1.165, 1.54) is 10.5 Å². The molecule has 5 nitrogen and oxygen atoms in total. The predicted octanol–water partition coefficient (Wildman–Crippen LogP) is 6.96. The standard InChI is InChI=1S/C29H28N2O3S2/c1-20-9-14-26(15-10-20)36(33,34)31-28-18-24(13-11-21(28)2)29(32)30-27-16-12-23(17-22(27)3)19-35-25-7-5-4-6-8-25/h4-18,31H,19H2,1-3H3,(H,30,32). The number of carbonyl (C=O) groups excluding carboxylic acids is 1. The van der Waals surface area contributed by atoms with Gasteiger partial charge in [-0.2, -0.15) is 0 Å². The largest absolute Gasteiger partial charge is 0.322 e. The van der Waals surface area contributed by atoms with Crippen LogP contribution in [0.25, 0.3) is 0 Å². The van der Waals surface area contributed by atoms with E-state index in [9.17, 15) is 13.2 Å². The summed E-state index contributed by atoms with van der Waals surface area (Å²) in [7, 11) is -3.77. The van der Waals surface area contributed by atoms with Crippen LogP contribution in [-0.4, -0.2) is 14.3 Å². The zero-order chi connectivity index (χ0) is 25.7. The zero-order valence-corrected chi connectivity index (χ0v) is 22.0. The number of hydrogen-bond donors (Lipinski definition) is 2. The van der Waals surface area contributed by atoms with Crippen molar-refractivity contribution in [2.45, 2.75) is 36.3 Å². The van der Waals surface area contributed by atoms with Gasteiger partial charge in [0.2, 0.25) is 0 Å². The molecule has 7 heteroatoms. The van der Waals surface area contributed by atoms with Gasteiger partial charge in [-0.25, -0.2) is 8.42 Å². The molecule has 0 saturated carbocycles. The van der Waals surface area contributed by atoms with Crippen LogP contribution in [0.2, 0.25) is 0 Å². The Morgan fingerprint density at radius 2 is 1.50 bits per heavy atom. The number of nitrogens with one attached hydrogen (secondary N) is 2. The first-order chi connectivity index (χ1) is 17.2. The van der Waals surface area contributed by atoms with Crippen molar-refractivity contribution in [2.75, 3.05) is 10.0 Å². The Bertz CT molecular complexity index is 1480. The fraction of sp³-hybridized carbons (Fsp3) is 0.138. The summed E-state index contributed by atoms with van der Waals surface area (Å²) in [5.74, 6) is 0.530. The number of sulfonamides is 1. The molecule has 36 heavy (non-hydrogen) atoms. The number of rotatable bonds is 8. The monoisotopic (exact) mass is 516 g/mol. The molecule has 4 rings (SSSR count). The molecule has 0 radical (unpaired) electrons. The van der Waals surface area contributed by atoms with Crippen LogP contribution in [0.15, 0.2) is 101 Å². The fourth-order valence-electron chi connectivity index (χ4n) is 3.63. The maximum Gasteiger partial charge on any atom is 0.261 e. The minimum atomic E-state index is -3.77. The van der Waals surface area contributed by atoms with E-state index in [4.69, 9.17) is 0 Å². The molecule has 1 amide bonds. The number of carbonyl (C=O) groups is 1. The van der Waals surface area contributed by atoms with Gasteiger partial charge in [-0.05, 0) is 79.9 Å². The molecular formula is C29H28N2O3S2. The fourth-order valence-corrected chi connectivity index (χ4v) is 5.61. The van der Waals surface area contributed by atoms with Gasteiger partial charge in [0.15, 0.2) is 0 Å². The minimum Gasteiger partial charge on any atom is -0.322 e. The second kappa shape index (κ2) is 11.0. The molecule has 0 atom stereocenters. The summed E-state index contributed by atoms with van der Waals surface area (Å²) in [6.45, 7) is 5.66. The van der Waals surface area contributed by atoms with Gasteiger partial charge in [-0.15, -0.1) is 11.8 Å². The first-order valence-electron chi connectivity index (χ1n) is 11.5. The lowest BCUT2D eigenvalue weighted by Gasteiger charge is -2.14. The highest BCUT2D eigenvalue weighted by atomic mass is 32.2. The van der Waals surface area contributed by atoms with E-state index in [-0.39, 0.29) is 10.8 Å². The second-order valence-corrected chi connectivity index (χ2v) is 11.4. The molecule has 0 aromatic heterocycles.